The van der Waals surface area contributed by atoms with E-state index in [0.29, 0.717) is 23.7 Å². The van der Waals surface area contributed by atoms with Gasteiger partial charge in [-0.05, 0) is 56.3 Å². The van der Waals surface area contributed by atoms with Crippen LogP contribution in [0.25, 0.3) is 6.08 Å². The fraction of sp³-hybridized carbons (Fsp3) is 0.400. The summed E-state index contributed by atoms with van der Waals surface area (Å²) in [5, 5.41) is -0.543. The lowest BCUT2D eigenvalue weighted by molar-refractivity contribution is -0.146. The first-order chi connectivity index (χ1) is 14.4. The minimum absolute atomic E-state index is 0.162. The largest absolute Gasteiger partial charge is 0.490 e. The Bertz CT molecular complexity index is 851. The van der Waals surface area contributed by atoms with Crippen LogP contribution in [0, 0.1) is 0 Å². The number of hydrogen-bond acceptors (Lipinski definition) is 9. The number of nitrogens with zero attached hydrogens (tertiary/aromatic N) is 1. The fourth-order valence-corrected chi connectivity index (χ4v) is 3.30. The third-order valence-electron chi connectivity index (χ3n) is 3.68. The maximum atomic E-state index is 12.5. The van der Waals surface area contributed by atoms with E-state index < -0.39 is 29.6 Å². The summed E-state index contributed by atoms with van der Waals surface area (Å²) < 4.78 is 20.6. The van der Waals surface area contributed by atoms with Gasteiger partial charge in [0.15, 0.2) is 18.1 Å². The maximum absolute atomic E-state index is 12.5. The van der Waals surface area contributed by atoms with Gasteiger partial charge in [0.05, 0.1) is 24.7 Å². The zero-order valence-electron chi connectivity index (χ0n) is 17.0. The Morgan fingerprint density at radius 2 is 1.67 bits per heavy atom. The first kappa shape index (κ1) is 23.3. The van der Waals surface area contributed by atoms with E-state index in [9.17, 15) is 19.2 Å². The third kappa shape index (κ3) is 6.24. The lowest BCUT2D eigenvalue weighted by Crippen LogP contribution is -2.34. The molecule has 2 rings (SSSR count). The summed E-state index contributed by atoms with van der Waals surface area (Å²) in [6.07, 6.45) is 1.52. The van der Waals surface area contributed by atoms with E-state index in [1.165, 1.54) is 6.08 Å². The number of amides is 2. The molecule has 0 spiro atoms. The molecule has 1 aromatic rings. The SMILES string of the molecule is CCOC(=O)COc1ccc(/C=C2/SC(=O)N(CC(=O)OCC)C2=O)cc1OCC. The summed E-state index contributed by atoms with van der Waals surface area (Å²) in [7, 11) is 0. The highest BCUT2D eigenvalue weighted by Crippen LogP contribution is 2.34. The molecule has 0 aliphatic carbocycles. The molecule has 162 valence electrons. The smallest absolute Gasteiger partial charge is 0.344 e. The quantitative estimate of drug-likeness (QED) is 0.403. The molecule has 1 aromatic carbocycles. The van der Waals surface area contributed by atoms with Gasteiger partial charge >= 0.3 is 11.9 Å². The van der Waals surface area contributed by atoms with Crippen LogP contribution in [-0.4, -0.2) is 61.0 Å². The lowest BCUT2D eigenvalue weighted by Gasteiger charge is -2.12. The average molecular weight is 437 g/mol. The van der Waals surface area contributed by atoms with Crippen molar-refractivity contribution in [2.45, 2.75) is 20.8 Å². The minimum Gasteiger partial charge on any atom is -0.490 e. The van der Waals surface area contributed by atoms with Crippen LogP contribution in [0.5, 0.6) is 11.5 Å². The Morgan fingerprint density at radius 3 is 2.33 bits per heavy atom. The first-order valence-electron chi connectivity index (χ1n) is 9.35. The van der Waals surface area contributed by atoms with Gasteiger partial charge in [-0.3, -0.25) is 19.3 Å². The average Bonchev–Trinajstić information content (AvgIpc) is 2.95. The van der Waals surface area contributed by atoms with Crippen LogP contribution in [-0.2, 0) is 23.9 Å². The van der Waals surface area contributed by atoms with Crippen molar-refractivity contribution in [3.63, 3.8) is 0 Å². The summed E-state index contributed by atoms with van der Waals surface area (Å²) in [5.41, 5.74) is 0.587. The van der Waals surface area contributed by atoms with Crippen molar-refractivity contribution < 1.29 is 38.1 Å². The van der Waals surface area contributed by atoms with Crippen molar-refractivity contribution in [3.05, 3.63) is 28.7 Å². The van der Waals surface area contributed by atoms with E-state index in [1.54, 1.807) is 39.0 Å². The number of hydrogen-bond donors (Lipinski definition) is 0. The molecule has 0 aromatic heterocycles. The molecule has 1 fully saturated rings. The van der Waals surface area contributed by atoms with Crippen LogP contribution in [0.3, 0.4) is 0 Å². The summed E-state index contributed by atoms with van der Waals surface area (Å²) in [6, 6.07) is 4.88. The molecule has 1 saturated heterocycles. The molecule has 1 heterocycles. The number of esters is 2. The topological polar surface area (TPSA) is 108 Å². The molecule has 1 aliphatic heterocycles. The molecule has 0 unspecified atom stereocenters. The lowest BCUT2D eigenvalue weighted by atomic mass is 10.2. The van der Waals surface area contributed by atoms with Gasteiger partial charge in [0, 0.05) is 0 Å². The summed E-state index contributed by atoms with van der Waals surface area (Å²) in [5.74, 6) is -1.00. The third-order valence-corrected chi connectivity index (χ3v) is 4.59. The molecule has 0 radical (unpaired) electrons. The molecular weight excluding hydrogens is 414 g/mol. The number of rotatable bonds is 10. The minimum atomic E-state index is -0.650. The Kier molecular flexibility index (Phi) is 8.72. The van der Waals surface area contributed by atoms with Crippen LogP contribution in [0.4, 0.5) is 4.79 Å². The van der Waals surface area contributed by atoms with Crippen LogP contribution >= 0.6 is 11.8 Å². The zero-order chi connectivity index (χ0) is 22.1. The fourth-order valence-electron chi connectivity index (χ4n) is 2.46. The first-order valence-corrected chi connectivity index (χ1v) is 10.2. The van der Waals surface area contributed by atoms with E-state index in [-0.39, 0.29) is 24.7 Å². The Morgan fingerprint density at radius 1 is 0.967 bits per heavy atom. The number of thioether (sulfide) groups is 1. The Hall–Kier alpha value is -3.01. The molecule has 0 saturated carbocycles. The van der Waals surface area contributed by atoms with Gasteiger partial charge in [-0.2, -0.15) is 0 Å². The van der Waals surface area contributed by atoms with Crippen LogP contribution < -0.4 is 9.47 Å². The second-order valence-corrected chi connectivity index (χ2v) is 6.80. The summed E-state index contributed by atoms with van der Waals surface area (Å²) >= 11 is 0.737. The maximum Gasteiger partial charge on any atom is 0.344 e. The van der Waals surface area contributed by atoms with Gasteiger partial charge in [0.1, 0.15) is 6.54 Å². The molecular formula is C20H23NO8S. The monoisotopic (exact) mass is 437 g/mol. The van der Waals surface area contributed by atoms with E-state index in [0.717, 1.165) is 16.7 Å². The van der Waals surface area contributed by atoms with Crippen molar-refractivity contribution >= 4 is 40.9 Å². The van der Waals surface area contributed by atoms with E-state index in [2.05, 4.69) is 0 Å². The predicted octanol–water partition coefficient (Wildman–Crippen LogP) is 2.63. The highest BCUT2D eigenvalue weighted by molar-refractivity contribution is 8.18. The Balaban J connectivity index is 2.16. The number of ether oxygens (including phenoxy) is 4. The van der Waals surface area contributed by atoms with Gasteiger partial charge in [0.2, 0.25) is 0 Å². The number of benzene rings is 1. The standard InChI is InChI=1S/C20H23NO8S/c1-4-26-15-9-13(7-8-14(15)29-12-18(23)28-6-3)10-16-19(24)21(20(25)30-16)11-17(22)27-5-2/h7-10H,4-6,11-12H2,1-3H3/b16-10+. The van der Waals surface area contributed by atoms with E-state index >= 15 is 0 Å². The van der Waals surface area contributed by atoms with E-state index in [1.807, 2.05) is 0 Å². The molecule has 9 nitrogen and oxygen atoms in total. The second kappa shape index (κ2) is 11.2. The molecule has 10 heteroatoms. The highest BCUT2D eigenvalue weighted by atomic mass is 32.2. The van der Waals surface area contributed by atoms with Crippen molar-refractivity contribution in [1.29, 1.82) is 0 Å². The van der Waals surface area contributed by atoms with Gasteiger partial charge in [-0.1, -0.05) is 6.07 Å². The van der Waals surface area contributed by atoms with Gasteiger partial charge in [0.25, 0.3) is 11.1 Å². The molecule has 1 aliphatic rings. The van der Waals surface area contributed by atoms with Gasteiger partial charge < -0.3 is 18.9 Å². The summed E-state index contributed by atoms with van der Waals surface area (Å²) in [4.78, 5) is 48.7. The van der Waals surface area contributed by atoms with Crippen molar-refractivity contribution in [2.75, 3.05) is 33.0 Å². The van der Waals surface area contributed by atoms with Gasteiger partial charge in [-0.15, -0.1) is 0 Å². The number of carbonyl (C=O) groups is 4. The van der Waals surface area contributed by atoms with Crippen LogP contribution in [0.2, 0.25) is 0 Å². The van der Waals surface area contributed by atoms with Crippen molar-refractivity contribution in [3.8, 4) is 11.5 Å². The Labute approximate surface area is 178 Å². The molecule has 0 N–H and O–H groups in total. The zero-order valence-corrected chi connectivity index (χ0v) is 17.8. The van der Waals surface area contributed by atoms with Crippen molar-refractivity contribution in [1.82, 2.24) is 4.90 Å². The summed E-state index contributed by atoms with van der Waals surface area (Å²) in [6.45, 7) is 5.22. The van der Waals surface area contributed by atoms with E-state index in [4.69, 9.17) is 18.9 Å². The second-order valence-electron chi connectivity index (χ2n) is 5.81. The molecule has 30 heavy (non-hydrogen) atoms. The van der Waals surface area contributed by atoms with Gasteiger partial charge in [-0.25, -0.2) is 4.79 Å². The molecule has 0 atom stereocenters. The molecule has 2 amide bonds. The van der Waals surface area contributed by atoms with Crippen molar-refractivity contribution in [2.24, 2.45) is 0 Å². The predicted molar refractivity (Wildman–Crippen MR) is 109 cm³/mol. The molecule has 0 bridgehead atoms. The number of imide groups is 1. The van der Waals surface area contributed by atoms with Crippen LogP contribution in [0.1, 0.15) is 26.3 Å². The van der Waals surface area contributed by atoms with Crippen LogP contribution in [0.15, 0.2) is 23.1 Å². The normalized spacial score (nSPS) is 14.8. The highest BCUT2D eigenvalue weighted by Gasteiger charge is 2.36. The number of carbonyl (C=O) groups excluding carboxylic acids is 4.